The van der Waals surface area contributed by atoms with Crippen LogP contribution in [0.2, 0.25) is 0 Å². The first-order chi connectivity index (χ1) is 7.98. The van der Waals surface area contributed by atoms with E-state index in [4.69, 9.17) is 9.47 Å². The lowest BCUT2D eigenvalue weighted by Crippen LogP contribution is -2.46. The fourth-order valence-corrected chi connectivity index (χ4v) is 1.59. The zero-order valence-electron chi connectivity index (χ0n) is 10.8. The molecule has 0 unspecified atom stereocenters. The fraction of sp³-hybridized carbons (Fsp3) is 0.750. The number of hydrogen-bond acceptors (Lipinski definition) is 5. The zero-order chi connectivity index (χ0) is 13.5. The van der Waals surface area contributed by atoms with Gasteiger partial charge in [0.25, 0.3) is 0 Å². The van der Waals surface area contributed by atoms with Crippen LogP contribution < -0.4 is 0 Å². The van der Waals surface area contributed by atoms with Crippen LogP contribution in [0.5, 0.6) is 0 Å². The van der Waals surface area contributed by atoms with Crippen molar-refractivity contribution in [1.82, 2.24) is 0 Å². The molecule has 0 aliphatic rings. The topological polar surface area (TPSA) is 69.7 Å². The third-order valence-electron chi connectivity index (χ3n) is 2.74. The van der Waals surface area contributed by atoms with Gasteiger partial charge in [0.15, 0.2) is 5.41 Å². The Morgan fingerprint density at radius 3 is 1.76 bits per heavy atom. The number of esters is 2. The first-order valence-corrected chi connectivity index (χ1v) is 5.78. The smallest absolute Gasteiger partial charge is 0.323 e. The largest absolute Gasteiger partial charge is 0.465 e. The van der Waals surface area contributed by atoms with Gasteiger partial charge in [0.2, 0.25) is 0 Å². The Hall–Kier alpha value is -1.39. The molecule has 0 bridgehead atoms. The van der Waals surface area contributed by atoms with Gasteiger partial charge in [-0.15, -0.1) is 0 Å². The molecule has 0 aromatic carbocycles. The number of carbonyl (C=O) groups excluding carboxylic acids is 3. The summed E-state index contributed by atoms with van der Waals surface area (Å²) in [5, 5.41) is 0. The summed E-state index contributed by atoms with van der Waals surface area (Å²) in [5.41, 5.74) is -1.55. The highest BCUT2D eigenvalue weighted by Crippen LogP contribution is 2.32. The van der Waals surface area contributed by atoms with E-state index in [1.807, 2.05) is 0 Å². The van der Waals surface area contributed by atoms with E-state index in [-0.39, 0.29) is 13.2 Å². The summed E-state index contributed by atoms with van der Waals surface area (Å²) < 4.78 is 9.72. The second-order valence-corrected chi connectivity index (χ2v) is 3.79. The predicted molar refractivity (Wildman–Crippen MR) is 61.2 cm³/mol. The average Bonchev–Trinajstić information content (AvgIpc) is 2.30. The lowest BCUT2D eigenvalue weighted by atomic mass is 9.76. The van der Waals surface area contributed by atoms with E-state index in [0.29, 0.717) is 12.7 Å². The molecular weight excluding hydrogens is 224 g/mol. The van der Waals surface area contributed by atoms with Crippen LogP contribution in [0.25, 0.3) is 0 Å². The van der Waals surface area contributed by atoms with Crippen molar-refractivity contribution in [2.24, 2.45) is 11.3 Å². The average molecular weight is 244 g/mol. The molecule has 1 atom stereocenters. The fourth-order valence-electron chi connectivity index (χ4n) is 1.59. The second-order valence-electron chi connectivity index (χ2n) is 3.79. The standard InChI is InChI=1S/C12H20O5/c1-5-9(8-13)12(4,10(14)16-6-2)11(15)17-7-3/h8-9H,5-7H2,1-4H3/t9-/m1/s1. The van der Waals surface area contributed by atoms with Crippen molar-refractivity contribution in [2.75, 3.05) is 13.2 Å². The van der Waals surface area contributed by atoms with Crippen molar-refractivity contribution in [3.63, 3.8) is 0 Å². The maximum Gasteiger partial charge on any atom is 0.323 e. The molecule has 5 heteroatoms. The molecule has 0 heterocycles. The molecule has 0 rings (SSSR count). The Morgan fingerprint density at radius 2 is 1.53 bits per heavy atom. The van der Waals surface area contributed by atoms with Crippen LogP contribution in [0.15, 0.2) is 0 Å². The number of rotatable bonds is 7. The molecule has 0 radical (unpaired) electrons. The van der Waals surface area contributed by atoms with E-state index in [1.54, 1.807) is 20.8 Å². The number of hydrogen-bond donors (Lipinski definition) is 0. The summed E-state index contributed by atoms with van der Waals surface area (Å²) in [6.45, 7) is 6.73. The van der Waals surface area contributed by atoms with E-state index in [2.05, 4.69) is 0 Å². The van der Waals surface area contributed by atoms with Gasteiger partial charge in [-0.2, -0.15) is 0 Å². The highest BCUT2D eigenvalue weighted by atomic mass is 16.6. The molecular formula is C12H20O5. The molecule has 0 aromatic heterocycles. The van der Waals surface area contributed by atoms with E-state index in [1.165, 1.54) is 6.92 Å². The van der Waals surface area contributed by atoms with Gasteiger partial charge in [0, 0.05) is 5.92 Å². The van der Waals surface area contributed by atoms with Gasteiger partial charge < -0.3 is 14.3 Å². The highest BCUT2D eigenvalue weighted by molar-refractivity contribution is 6.02. The van der Waals surface area contributed by atoms with Gasteiger partial charge >= 0.3 is 11.9 Å². The van der Waals surface area contributed by atoms with E-state index >= 15 is 0 Å². The Bertz CT molecular complexity index is 267. The van der Waals surface area contributed by atoms with Crippen LogP contribution in [-0.4, -0.2) is 31.4 Å². The highest BCUT2D eigenvalue weighted by Gasteiger charge is 2.50. The Labute approximate surface area is 101 Å². The van der Waals surface area contributed by atoms with Crippen LogP contribution in [0, 0.1) is 11.3 Å². The minimum absolute atomic E-state index is 0.156. The first kappa shape index (κ1) is 15.6. The number of aldehydes is 1. The van der Waals surface area contributed by atoms with Crippen molar-refractivity contribution in [3.05, 3.63) is 0 Å². The maximum absolute atomic E-state index is 11.9. The van der Waals surface area contributed by atoms with Crippen molar-refractivity contribution in [2.45, 2.75) is 34.1 Å². The molecule has 98 valence electrons. The number of ether oxygens (including phenoxy) is 2. The molecule has 0 spiro atoms. The van der Waals surface area contributed by atoms with Crippen molar-refractivity contribution in [1.29, 1.82) is 0 Å². The second kappa shape index (κ2) is 7.04. The van der Waals surface area contributed by atoms with Gasteiger partial charge in [0.05, 0.1) is 13.2 Å². The van der Waals surface area contributed by atoms with Gasteiger partial charge in [-0.3, -0.25) is 9.59 Å². The lowest BCUT2D eigenvalue weighted by Gasteiger charge is -2.29. The van der Waals surface area contributed by atoms with Gasteiger partial charge in [-0.05, 0) is 27.2 Å². The van der Waals surface area contributed by atoms with Crippen LogP contribution in [-0.2, 0) is 23.9 Å². The molecule has 0 aromatic rings. The molecule has 0 amide bonds. The van der Waals surface area contributed by atoms with Crippen molar-refractivity contribution >= 4 is 18.2 Å². The van der Waals surface area contributed by atoms with Crippen LogP contribution in [0.1, 0.15) is 34.1 Å². The summed E-state index contributed by atoms with van der Waals surface area (Å²) in [6, 6.07) is 0. The maximum atomic E-state index is 11.9. The summed E-state index contributed by atoms with van der Waals surface area (Å²) in [4.78, 5) is 34.7. The Kier molecular flexibility index (Phi) is 6.46. The molecule has 0 aliphatic heterocycles. The first-order valence-electron chi connectivity index (χ1n) is 5.78. The zero-order valence-corrected chi connectivity index (χ0v) is 10.8. The summed E-state index contributed by atoms with van der Waals surface area (Å²) >= 11 is 0. The molecule has 0 fully saturated rings. The Balaban J connectivity index is 5.25. The molecule has 17 heavy (non-hydrogen) atoms. The predicted octanol–water partition coefficient (Wildman–Crippen LogP) is 1.34. The third kappa shape index (κ3) is 3.28. The summed E-state index contributed by atoms with van der Waals surface area (Å²) in [7, 11) is 0. The van der Waals surface area contributed by atoms with Crippen LogP contribution in [0.4, 0.5) is 0 Å². The monoisotopic (exact) mass is 244 g/mol. The molecule has 0 aliphatic carbocycles. The quantitative estimate of drug-likeness (QED) is 0.384. The van der Waals surface area contributed by atoms with Gasteiger partial charge in [-0.1, -0.05) is 6.92 Å². The number of carbonyl (C=O) groups is 3. The van der Waals surface area contributed by atoms with E-state index < -0.39 is 23.3 Å². The van der Waals surface area contributed by atoms with Crippen LogP contribution >= 0.6 is 0 Å². The van der Waals surface area contributed by atoms with E-state index in [9.17, 15) is 14.4 Å². The van der Waals surface area contributed by atoms with Gasteiger partial charge in [0.1, 0.15) is 6.29 Å². The normalized spacial score (nSPS) is 12.7. The molecule has 0 N–H and O–H groups in total. The van der Waals surface area contributed by atoms with Crippen molar-refractivity contribution < 1.29 is 23.9 Å². The van der Waals surface area contributed by atoms with Crippen LogP contribution in [0.3, 0.4) is 0 Å². The SMILES string of the molecule is CCOC(=O)C(C)(C(=O)OCC)[C@@H](C=O)CC. The lowest BCUT2D eigenvalue weighted by molar-refractivity contribution is -0.175. The Morgan fingerprint density at radius 1 is 1.12 bits per heavy atom. The van der Waals surface area contributed by atoms with Crippen molar-refractivity contribution in [3.8, 4) is 0 Å². The van der Waals surface area contributed by atoms with Gasteiger partial charge in [-0.25, -0.2) is 0 Å². The summed E-state index contributed by atoms with van der Waals surface area (Å²) in [6.07, 6.45) is 0.978. The van der Waals surface area contributed by atoms with E-state index in [0.717, 1.165) is 0 Å². The third-order valence-corrected chi connectivity index (χ3v) is 2.74. The molecule has 0 saturated carbocycles. The molecule has 5 nitrogen and oxygen atoms in total. The minimum atomic E-state index is -1.55. The minimum Gasteiger partial charge on any atom is -0.465 e. The molecule has 0 saturated heterocycles. The summed E-state index contributed by atoms with van der Waals surface area (Å²) in [5.74, 6) is -2.16.